The summed E-state index contributed by atoms with van der Waals surface area (Å²) < 4.78 is 6.02. The Morgan fingerprint density at radius 2 is 2.15 bits per heavy atom. The molecule has 0 amide bonds. The first-order chi connectivity index (χ1) is 12.6. The van der Waals surface area contributed by atoms with Gasteiger partial charge < -0.3 is 9.94 Å². The molecule has 3 fully saturated rings. The summed E-state index contributed by atoms with van der Waals surface area (Å²) >= 11 is 0. The van der Waals surface area contributed by atoms with Gasteiger partial charge in [-0.1, -0.05) is 24.2 Å². The predicted molar refractivity (Wildman–Crippen MR) is 96.5 cm³/mol. The van der Waals surface area contributed by atoms with Gasteiger partial charge in [0.1, 0.15) is 5.60 Å². The van der Waals surface area contributed by atoms with Crippen molar-refractivity contribution in [2.24, 2.45) is 46.1 Å². The quantitative estimate of drug-likeness (QED) is 0.409. The summed E-state index contributed by atoms with van der Waals surface area (Å²) in [6.45, 7) is 2.39. The molecule has 0 saturated heterocycles. The molecule has 4 heteroatoms. The van der Waals surface area contributed by atoms with Crippen LogP contribution in [0.3, 0.4) is 0 Å². The minimum absolute atomic E-state index is 0.0718. The van der Waals surface area contributed by atoms with E-state index in [1.165, 1.54) is 18.4 Å². The van der Waals surface area contributed by atoms with Crippen LogP contribution in [0.25, 0.3) is 0 Å². The Morgan fingerprint density at radius 1 is 1.27 bits per heavy atom. The summed E-state index contributed by atoms with van der Waals surface area (Å²) in [6.07, 6.45) is 16.1. The van der Waals surface area contributed by atoms with Gasteiger partial charge in [0.05, 0.1) is 5.71 Å². The molecule has 5 aliphatic carbocycles. The van der Waals surface area contributed by atoms with Crippen LogP contribution in [-0.4, -0.2) is 22.5 Å². The van der Waals surface area contributed by atoms with E-state index in [9.17, 15) is 4.79 Å². The lowest BCUT2D eigenvalue weighted by molar-refractivity contribution is -0.165. The molecule has 6 aliphatic rings. The molecule has 3 saturated carbocycles. The number of hydrogen-bond acceptors (Lipinski definition) is 4. The van der Waals surface area contributed by atoms with Crippen LogP contribution >= 0.6 is 0 Å². The molecule has 0 aromatic heterocycles. The van der Waals surface area contributed by atoms with Crippen molar-refractivity contribution in [2.45, 2.75) is 44.6 Å². The fourth-order valence-electron chi connectivity index (χ4n) is 7.70. The first-order valence-electron chi connectivity index (χ1n) is 10.1. The highest BCUT2D eigenvalue weighted by Crippen LogP contribution is 2.77. The van der Waals surface area contributed by atoms with E-state index in [2.05, 4.69) is 36.4 Å². The summed E-state index contributed by atoms with van der Waals surface area (Å²) in [7, 11) is 0. The van der Waals surface area contributed by atoms with Crippen molar-refractivity contribution in [3.63, 3.8) is 0 Å². The van der Waals surface area contributed by atoms with Crippen molar-refractivity contribution in [2.75, 3.05) is 0 Å². The summed E-state index contributed by atoms with van der Waals surface area (Å²) in [5, 5.41) is 12.6. The smallest absolute Gasteiger partial charge is 0.331 e. The van der Waals surface area contributed by atoms with E-state index in [1.54, 1.807) is 6.08 Å². The van der Waals surface area contributed by atoms with Crippen molar-refractivity contribution in [1.29, 1.82) is 0 Å². The second-order valence-corrected chi connectivity index (χ2v) is 9.52. The zero-order valence-electron chi connectivity index (χ0n) is 15.1. The van der Waals surface area contributed by atoms with Crippen LogP contribution in [0, 0.1) is 40.9 Å². The topological polar surface area (TPSA) is 58.9 Å². The number of allylic oxidation sites excluding steroid dienone is 4. The van der Waals surface area contributed by atoms with E-state index in [-0.39, 0.29) is 17.0 Å². The van der Waals surface area contributed by atoms with E-state index in [0.29, 0.717) is 35.5 Å². The van der Waals surface area contributed by atoms with E-state index in [1.807, 2.05) is 0 Å². The van der Waals surface area contributed by atoms with Crippen LogP contribution in [0.5, 0.6) is 0 Å². The maximum absolute atomic E-state index is 12.0. The second-order valence-electron chi connectivity index (χ2n) is 9.52. The Labute approximate surface area is 153 Å². The largest absolute Gasteiger partial charge is 0.451 e. The highest BCUT2D eigenvalue weighted by molar-refractivity contribution is 5.96. The van der Waals surface area contributed by atoms with E-state index in [0.717, 1.165) is 25.0 Å². The lowest BCUT2D eigenvalue weighted by Crippen LogP contribution is -2.54. The molecule has 0 bridgehead atoms. The minimum atomic E-state index is -0.336. The average Bonchev–Trinajstić information content (AvgIpc) is 3.29. The van der Waals surface area contributed by atoms with Crippen molar-refractivity contribution < 1.29 is 14.7 Å². The molecule has 4 nitrogen and oxygen atoms in total. The fourth-order valence-corrected chi connectivity index (χ4v) is 7.70. The third-order valence-electron chi connectivity index (χ3n) is 8.75. The normalized spacial score (nSPS) is 54.4. The standard InChI is InChI=1S/C22H25NO3/c1-21-8-6-15-14-5-3-13(23-25)10-12(14)2-4-16(15)20(21)17-11-18(17)22(21)9-7-19(24)26-22/h2,4,7,9-10,14-18,20,25H,3,5-6,8,11H2,1H3/b23-13+/t14-,15?,16?,17-,18+,20?,21-,22-/m0/s1. The molecule has 8 atom stereocenters. The lowest BCUT2D eigenvalue weighted by atomic mass is 9.50. The Morgan fingerprint density at radius 3 is 2.92 bits per heavy atom. The SMILES string of the molecule is C[C@]12CCC3C(C=CC4=C/C(=N/O)CC[C@@H]43)C1[C@H]1C[C@H]1[C@@]21C=CC(=O)O1. The third kappa shape index (κ3) is 1.62. The molecule has 1 aliphatic heterocycles. The van der Waals surface area contributed by atoms with Crippen LogP contribution in [-0.2, 0) is 9.53 Å². The number of hydrogen-bond donors (Lipinski definition) is 1. The number of fused-ring (bicyclic) bond motifs is 9. The Kier molecular flexibility index (Phi) is 2.76. The molecular weight excluding hydrogens is 326 g/mol. The van der Waals surface area contributed by atoms with E-state index in [4.69, 9.17) is 9.94 Å². The number of carbonyl (C=O) groups is 1. The fraction of sp³-hybridized carbons (Fsp3) is 0.636. The molecule has 136 valence electrons. The molecule has 26 heavy (non-hydrogen) atoms. The van der Waals surface area contributed by atoms with E-state index < -0.39 is 0 Å². The number of carbonyl (C=O) groups excluding carboxylic acids is 1. The Hall–Kier alpha value is -1.84. The number of esters is 1. The monoisotopic (exact) mass is 351 g/mol. The molecule has 1 spiro atoms. The Balaban J connectivity index is 1.40. The van der Waals surface area contributed by atoms with Gasteiger partial charge in [0, 0.05) is 17.4 Å². The Bertz CT molecular complexity index is 823. The number of oxime groups is 1. The number of ether oxygens (including phenoxy) is 1. The molecule has 0 aromatic rings. The zero-order chi connectivity index (χ0) is 17.7. The molecule has 1 N–H and O–H groups in total. The maximum atomic E-state index is 12.0. The van der Waals surface area contributed by atoms with Gasteiger partial charge in [0.2, 0.25) is 0 Å². The third-order valence-corrected chi connectivity index (χ3v) is 8.75. The summed E-state index contributed by atoms with van der Waals surface area (Å²) in [5.41, 5.74) is 1.89. The van der Waals surface area contributed by atoms with Crippen LogP contribution in [0.1, 0.15) is 39.0 Å². The first kappa shape index (κ1) is 15.2. The van der Waals surface area contributed by atoms with Gasteiger partial charge in [-0.05, 0) is 79.4 Å². The van der Waals surface area contributed by atoms with Gasteiger partial charge in [-0.15, -0.1) is 0 Å². The van der Waals surface area contributed by atoms with Crippen LogP contribution in [0.2, 0.25) is 0 Å². The minimum Gasteiger partial charge on any atom is -0.451 e. The van der Waals surface area contributed by atoms with Gasteiger partial charge >= 0.3 is 5.97 Å². The molecule has 3 unspecified atom stereocenters. The van der Waals surface area contributed by atoms with Gasteiger partial charge in [0.15, 0.2) is 0 Å². The van der Waals surface area contributed by atoms with Gasteiger partial charge in [-0.3, -0.25) is 0 Å². The van der Waals surface area contributed by atoms with Crippen molar-refractivity contribution in [3.05, 3.63) is 36.0 Å². The highest BCUT2D eigenvalue weighted by Gasteiger charge is 2.77. The number of nitrogens with zero attached hydrogens (tertiary/aromatic N) is 1. The lowest BCUT2D eigenvalue weighted by Gasteiger charge is -2.55. The van der Waals surface area contributed by atoms with Gasteiger partial charge in [0.25, 0.3) is 0 Å². The molecule has 0 aromatic carbocycles. The number of rotatable bonds is 0. The zero-order valence-corrected chi connectivity index (χ0v) is 15.1. The summed E-state index contributed by atoms with van der Waals surface area (Å²) in [6, 6.07) is 0. The second kappa shape index (κ2) is 4.71. The molecule has 1 heterocycles. The van der Waals surface area contributed by atoms with E-state index >= 15 is 0 Å². The van der Waals surface area contributed by atoms with Crippen LogP contribution in [0.4, 0.5) is 0 Å². The van der Waals surface area contributed by atoms with Crippen LogP contribution in [0.15, 0.2) is 41.1 Å². The summed E-state index contributed by atoms with van der Waals surface area (Å²) in [5.74, 6) is 3.57. The van der Waals surface area contributed by atoms with Crippen molar-refractivity contribution in [1.82, 2.24) is 0 Å². The predicted octanol–water partition coefficient (Wildman–Crippen LogP) is 3.87. The van der Waals surface area contributed by atoms with Gasteiger partial charge in [-0.2, -0.15) is 0 Å². The maximum Gasteiger partial charge on any atom is 0.331 e. The van der Waals surface area contributed by atoms with Crippen molar-refractivity contribution in [3.8, 4) is 0 Å². The van der Waals surface area contributed by atoms with Gasteiger partial charge in [-0.25, -0.2) is 4.79 Å². The van der Waals surface area contributed by atoms with Crippen LogP contribution < -0.4 is 0 Å². The van der Waals surface area contributed by atoms with Crippen molar-refractivity contribution >= 4 is 11.7 Å². The molecule has 6 rings (SSSR count). The average molecular weight is 351 g/mol. The highest BCUT2D eigenvalue weighted by atomic mass is 16.6. The molecular formula is C22H25NO3. The summed E-state index contributed by atoms with van der Waals surface area (Å²) in [4.78, 5) is 12.0. The molecule has 0 radical (unpaired) electrons. The first-order valence-corrected chi connectivity index (χ1v) is 10.1.